The molecule has 2 aliphatic rings. The zero-order chi connectivity index (χ0) is 28.7. The Balaban J connectivity index is 1.11. The molecular formula is C30H26F3N5O3. The van der Waals surface area contributed by atoms with E-state index in [-0.39, 0.29) is 18.1 Å². The molecule has 8 nitrogen and oxygen atoms in total. The molecule has 41 heavy (non-hydrogen) atoms. The number of halogens is 3. The van der Waals surface area contributed by atoms with Gasteiger partial charge in [-0.2, -0.15) is 0 Å². The Morgan fingerprint density at radius 2 is 1.78 bits per heavy atom. The summed E-state index contributed by atoms with van der Waals surface area (Å²) in [6, 6.07) is 16.1. The highest BCUT2D eigenvalue weighted by molar-refractivity contribution is 6.05. The standard InChI is InChI=1S/C30H26F3N5O3/c1-36-27(38-11-10-26(39)35-30(38)40)14-34-29(36)19-4-5-20-16-37(17-21(20)12-19)15-18-2-7-23(8-3-18)41-25-9-6-22(31)13-24(25)28(32)33/h2-9,12-14,28H,10-11,15-17H2,1H3,(H,35,39,40). The molecule has 6 rings (SSSR count). The number of carbonyl (C=O) groups is 2. The number of benzene rings is 3. The van der Waals surface area contributed by atoms with Crippen molar-refractivity contribution in [1.82, 2.24) is 19.8 Å². The van der Waals surface area contributed by atoms with Crippen LogP contribution in [0.25, 0.3) is 11.4 Å². The van der Waals surface area contributed by atoms with Gasteiger partial charge in [-0.15, -0.1) is 0 Å². The highest BCUT2D eigenvalue weighted by atomic mass is 19.3. The van der Waals surface area contributed by atoms with Crippen LogP contribution < -0.4 is 15.0 Å². The van der Waals surface area contributed by atoms with Gasteiger partial charge in [-0.1, -0.05) is 24.3 Å². The number of rotatable bonds is 7. The van der Waals surface area contributed by atoms with Gasteiger partial charge in [0.15, 0.2) is 0 Å². The molecule has 210 valence electrons. The van der Waals surface area contributed by atoms with Gasteiger partial charge in [0.1, 0.15) is 29.0 Å². The number of fused-ring (bicyclic) bond motifs is 1. The van der Waals surface area contributed by atoms with Crippen molar-refractivity contribution in [2.24, 2.45) is 7.05 Å². The second kappa shape index (κ2) is 10.7. The number of nitrogens with one attached hydrogen (secondary N) is 1. The van der Waals surface area contributed by atoms with Crippen LogP contribution in [0.15, 0.2) is 66.9 Å². The fourth-order valence-electron chi connectivity index (χ4n) is 5.25. The molecule has 0 atom stereocenters. The van der Waals surface area contributed by atoms with Gasteiger partial charge in [-0.3, -0.25) is 19.9 Å². The van der Waals surface area contributed by atoms with E-state index in [1.165, 1.54) is 22.1 Å². The van der Waals surface area contributed by atoms with Crippen LogP contribution in [0, 0.1) is 5.82 Å². The number of hydrogen-bond acceptors (Lipinski definition) is 5. The average Bonchev–Trinajstić information content (AvgIpc) is 3.52. The highest BCUT2D eigenvalue weighted by Crippen LogP contribution is 2.34. The predicted octanol–water partition coefficient (Wildman–Crippen LogP) is 5.92. The highest BCUT2D eigenvalue weighted by Gasteiger charge is 2.28. The van der Waals surface area contributed by atoms with E-state index in [1.807, 2.05) is 29.8 Å². The summed E-state index contributed by atoms with van der Waals surface area (Å²) in [7, 11) is 1.85. The van der Waals surface area contributed by atoms with Gasteiger partial charge in [-0.25, -0.2) is 22.9 Å². The Morgan fingerprint density at radius 1 is 1.00 bits per heavy atom. The number of alkyl halides is 2. The van der Waals surface area contributed by atoms with Crippen LogP contribution in [0.4, 0.5) is 23.8 Å². The molecule has 3 amide bonds. The first kappa shape index (κ1) is 26.6. The first-order valence-corrected chi connectivity index (χ1v) is 13.1. The number of imidazole rings is 1. The molecular weight excluding hydrogens is 535 g/mol. The van der Waals surface area contributed by atoms with E-state index in [0.717, 1.165) is 42.2 Å². The van der Waals surface area contributed by atoms with Crippen LogP contribution >= 0.6 is 0 Å². The zero-order valence-corrected chi connectivity index (χ0v) is 22.1. The number of urea groups is 1. The number of amides is 3. The van der Waals surface area contributed by atoms with Crippen molar-refractivity contribution in [2.75, 3.05) is 11.4 Å². The fourth-order valence-corrected chi connectivity index (χ4v) is 5.25. The van der Waals surface area contributed by atoms with E-state index >= 15 is 0 Å². The van der Waals surface area contributed by atoms with E-state index in [2.05, 4.69) is 27.3 Å². The SMILES string of the molecule is Cn1c(N2CCC(=O)NC2=O)cnc1-c1ccc2c(c1)CN(Cc1ccc(Oc3ccc(F)cc3C(F)F)cc1)C2. The van der Waals surface area contributed by atoms with Crippen LogP contribution in [0.1, 0.15) is 35.1 Å². The van der Waals surface area contributed by atoms with E-state index < -0.39 is 23.8 Å². The number of aromatic nitrogens is 2. The average molecular weight is 562 g/mol. The number of anilines is 1. The maximum Gasteiger partial charge on any atom is 0.329 e. The van der Waals surface area contributed by atoms with Crippen molar-refractivity contribution in [3.05, 3.63) is 94.9 Å². The summed E-state index contributed by atoms with van der Waals surface area (Å²) in [5.41, 5.74) is 3.87. The minimum absolute atomic E-state index is 0.0749. The lowest BCUT2D eigenvalue weighted by atomic mass is 10.1. The smallest absolute Gasteiger partial charge is 0.329 e. The molecule has 0 radical (unpaired) electrons. The maximum atomic E-state index is 13.4. The van der Waals surface area contributed by atoms with Gasteiger partial charge in [-0.05, 0) is 53.1 Å². The van der Waals surface area contributed by atoms with E-state index in [9.17, 15) is 22.8 Å². The molecule has 1 fully saturated rings. The van der Waals surface area contributed by atoms with E-state index in [4.69, 9.17) is 4.74 Å². The normalized spacial score (nSPS) is 15.4. The molecule has 0 aliphatic carbocycles. The molecule has 0 bridgehead atoms. The van der Waals surface area contributed by atoms with Crippen molar-refractivity contribution in [1.29, 1.82) is 0 Å². The first-order chi connectivity index (χ1) is 19.7. The molecule has 11 heteroatoms. The Hall–Kier alpha value is -4.64. The number of ether oxygens (including phenoxy) is 1. The van der Waals surface area contributed by atoms with Crippen molar-refractivity contribution in [2.45, 2.75) is 32.5 Å². The van der Waals surface area contributed by atoms with Crippen molar-refractivity contribution in [3.63, 3.8) is 0 Å². The van der Waals surface area contributed by atoms with Gasteiger partial charge in [0, 0.05) is 45.2 Å². The van der Waals surface area contributed by atoms with E-state index in [1.54, 1.807) is 18.3 Å². The number of carbonyl (C=O) groups excluding carboxylic acids is 2. The number of nitrogens with zero attached hydrogens (tertiary/aromatic N) is 4. The molecule has 0 saturated carbocycles. The maximum absolute atomic E-state index is 13.4. The minimum Gasteiger partial charge on any atom is -0.457 e. The lowest BCUT2D eigenvalue weighted by Crippen LogP contribution is -2.50. The molecule has 3 aromatic carbocycles. The van der Waals surface area contributed by atoms with Crippen LogP contribution in [0.3, 0.4) is 0 Å². The first-order valence-electron chi connectivity index (χ1n) is 13.1. The lowest BCUT2D eigenvalue weighted by molar-refractivity contribution is -0.120. The summed E-state index contributed by atoms with van der Waals surface area (Å²) < 4.78 is 47.4. The summed E-state index contributed by atoms with van der Waals surface area (Å²) in [5.74, 6) is 0.627. The van der Waals surface area contributed by atoms with Gasteiger partial charge in [0.2, 0.25) is 5.91 Å². The topological polar surface area (TPSA) is 79.7 Å². The number of imide groups is 1. The molecule has 0 spiro atoms. The van der Waals surface area contributed by atoms with Gasteiger partial charge >= 0.3 is 6.03 Å². The second-order valence-corrected chi connectivity index (χ2v) is 10.1. The minimum atomic E-state index is -2.85. The Labute approximate surface area is 234 Å². The third kappa shape index (κ3) is 5.40. The molecule has 2 aliphatic heterocycles. The third-order valence-corrected chi connectivity index (χ3v) is 7.31. The third-order valence-electron chi connectivity index (χ3n) is 7.31. The second-order valence-electron chi connectivity index (χ2n) is 10.1. The molecule has 1 N–H and O–H groups in total. The van der Waals surface area contributed by atoms with Gasteiger partial charge in [0.05, 0.1) is 11.8 Å². The van der Waals surface area contributed by atoms with Crippen LogP contribution in [0.2, 0.25) is 0 Å². The van der Waals surface area contributed by atoms with Gasteiger partial charge in [0.25, 0.3) is 6.43 Å². The summed E-state index contributed by atoms with van der Waals surface area (Å²) in [6.07, 6.45) is -0.966. The lowest BCUT2D eigenvalue weighted by Gasteiger charge is -2.26. The predicted molar refractivity (Wildman–Crippen MR) is 145 cm³/mol. The van der Waals surface area contributed by atoms with Crippen LogP contribution in [0.5, 0.6) is 11.5 Å². The monoisotopic (exact) mass is 561 g/mol. The van der Waals surface area contributed by atoms with Crippen LogP contribution in [-0.4, -0.2) is 32.9 Å². The Morgan fingerprint density at radius 3 is 2.54 bits per heavy atom. The molecule has 0 unspecified atom stereocenters. The quantitative estimate of drug-likeness (QED) is 0.303. The van der Waals surface area contributed by atoms with Crippen molar-refractivity contribution >= 4 is 17.8 Å². The summed E-state index contributed by atoms with van der Waals surface area (Å²) in [5, 5.41) is 2.34. The Bertz CT molecular complexity index is 1640. The Kier molecular flexibility index (Phi) is 6.96. The number of hydrogen-bond donors (Lipinski definition) is 1. The zero-order valence-electron chi connectivity index (χ0n) is 22.1. The molecule has 1 saturated heterocycles. The van der Waals surface area contributed by atoms with E-state index in [0.29, 0.717) is 24.7 Å². The summed E-state index contributed by atoms with van der Waals surface area (Å²) in [4.78, 5) is 32.2. The fraction of sp³-hybridized carbons (Fsp3) is 0.233. The molecule has 4 aromatic rings. The van der Waals surface area contributed by atoms with Crippen molar-refractivity contribution < 1.29 is 27.5 Å². The van der Waals surface area contributed by atoms with Crippen molar-refractivity contribution in [3.8, 4) is 22.9 Å². The molecule has 1 aromatic heterocycles. The van der Waals surface area contributed by atoms with Gasteiger partial charge < -0.3 is 9.30 Å². The largest absolute Gasteiger partial charge is 0.457 e. The summed E-state index contributed by atoms with van der Waals surface area (Å²) >= 11 is 0. The molecule has 3 heterocycles. The summed E-state index contributed by atoms with van der Waals surface area (Å²) in [6.45, 7) is 2.50. The van der Waals surface area contributed by atoms with Crippen LogP contribution in [-0.2, 0) is 31.5 Å².